The molecule has 2 saturated heterocycles. The van der Waals surface area contributed by atoms with Crippen LogP contribution < -0.4 is 15.1 Å². The number of esters is 1. The van der Waals surface area contributed by atoms with E-state index < -0.39 is 16.8 Å². The summed E-state index contributed by atoms with van der Waals surface area (Å²) in [6.45, 7) is 4.43. The van der Waals surface area contributed by atoms with E-state index in [0.717, 1.165) is 0 Å². The molecule has 0 aliphatic carbocycles. The summed E-state index contributed by atoms with van der Waals surface area (Å²) < 4.78 is 15.6. The van der Waals surface area contributed by atoms with Gasteiger partial charge in [0.1, 0.15) is 5.69 Å². The van der Waals surface area contributed by atoms with Crippen molar-refractivity contribution >= 4 is 34.6 Å². The van der Waals surface area contributed by atoms with Gasteiger partial charge in [-0.25, -0.2) is 4.79 Å². The molecule has 1 N–H and O–H groups in total. The second kappa shape index (κ2) is 10.5. The summed E-state index contributed by atoms with van der Waals surface area (Å²) in [6, 6.07) is 9.38. The zero-order valence-corrected chi connectivity index (χ0v) is 18.8. The number of ether oxygens (including phenoxy) is 3. The first kappa shape index (κ1) is 23.5. The summed E-state index contributed by atoms with van der Waals surface area (Å²) in [5.74, 6) is -1.05. The minimum atomic E-state index is -0.525. The molecular weight excluding hydrogens is 444 g/mol. The molecule has 11 nitrogen and oxygen atoms in total. The number of rotatable bonds is 6. The highest BCUT2D eigenvalue weighted by atomic mass is 16.6. The first-order valence-corrected chi connectivity index (χ1v) is 11.0. The summed E-state index contributed by atoms with van der Waals surface area (Å²) in [5.41, 5.74) is 1.83. The Kier molecular flexibility index (Phi) is 7.24. The van der Waals surface area contributed by atoms with Crippen LogP contribution in [0.25, 0.3) is 0 Å². The molecule has 34 heavy (non-hydrogen) atoms. The van der Waals surface area contributed by atoms with Crippen molar-refractivity contribution in [3.8, 4) is 0 Å². The van der Waals surface area contributed by atoms with Crippen molar-refractivity contribution in [3.05, 3.63) is 57.6 Å². The number of methoxy groups -OCH3 is 1. The number of benzene rings is 2. The van der Waals surface area contributed by atoms with Crippen molar-refractivity contribution in [2.75, 3.05) is 74.8 Å². The number of anilines is 3. The number of nitro groups is 1. The molecule has 2 fully saturated rings. The minimum absolute atomic E-state index is 0.139. The van der Waals surface area contributed by atoms with Crippen molar-refractivity contribution in [3.63, 3.8) is 0 Å². The van der Waals surface area contributed by atoms with Crippen LogP contribution in [0.15, 0.2) is 36.4 Å². The maximum absolute atomic E-state index is 12.9. The molecule has 2 aromatic rings. The molecule has 2 aliphatic heterocycles. The lowest BCUT2D eigenvalue weighted by Gasteiger charge is -2.30. The molecule has 0 atom stereocenters. The Morgan fingerprint density at radius 3 is 2.12 bits per heavy atom. The Balaban J connectivity index is 1.57. The average molecular weight is 470 g/mol. The molecule has 0 bridgehead atoms. The molecule has 2 aliphatic rings. The minimum Gasteiger partial charge on any atom is -0.465 e. The van der Waals surface area contributed by atoms with E-state index in [9.17, 15) is 19.7 Å². The van der Waals surface area contributed by atoms with E-state index in [1.807, 2.05) is 9.80 Å². The fourth-order valence-corrected chi connectivity index (χ4v) is 4.05. The number of hydrogen-bond acceptors (Lipinski definition) is 9. The summed E-state index contributed by atoms with van der Waals surface area (Å²) in [6.07, 6.45) is 0. The summed E-state index contributed by atoms with van der Waals surface area (Å²) in [5, 5.41) is 14.4. The van der Waals surface area contributed by atoms with Crippen molar-refractivity contribution in [1.82, 2.24) is 0 Å². The highest BCUT2D eigenvalue weighted by molar-refractivity contribution is 6.06. The molecule has 0 saturated carbocycles. The predicted molar refractivity (Wildman–Crippen MR) is 125 cm³/mol. The Morgan fingerprint density at radius 2 is 1.53 bits per heavy atom. The van der Waals surface area contributed by atoms with Crippen molar-refractivity contribution in [2.45, 2.75) is 0 Å². The van der Waals surface area contributed by atoms with Gasteiger partial charge in [-0.1, -0.05) is 0 Å². The summed E-state index contributed by atoms with van der Waals surface area (Å²) in [4.78, 5) is 40.4. The fourth-order valence-electron chi connectivity index (χ4n) is 4.05. The van der Waals surface area contributed by atoms with Crippen LogP contribution in [0.1, 0.15) is 20.7 Å². The third-order valence-corrected chi connectivity index (χ3v) is 5.80. The number of carbonyl (C=O) groups is 2. The number of hydrogen-bond donors (Lipinski definition) is 1. The van der Waals surface area contributed by atoms with E-state index in [4.69, 9.17) is 14.2 Å². The van der Waals surface area contributed by atoms with Gasteiger partial charge in [-0.05, 0) is 30.3 Å². The molecule has 4 rings (SSSR count). The molecule has 2 aromatic carbocycles. The van der Waals surface area contributed by atoms with Gasteiger partial charge in [0.2, 0.25) is 0 Å². The summed E-state index contributed by atoms with van der Waals surface area (Å²) >= 11 is 0. The number of carbonyl (C=O) groups excluding carboxylic acids is 2. The van der Waals surface area contributed by atoms with Gasteiger partial charge in [0, 0.05) is 43.5 Å². The fraction of sp³-hybridized carbons (Fsp3) is 0.391. The van der Waals surface area contributed by atoms with Gasteiger partial charge in [-0.2, -0.15) is 0 Å². The first-order chi connectivity index (χ1) is 16.5. The number of morpholine rings is 2. The average Bonchev–Trinajstić information content (AvgIpc) is 2.88. The predicted octanol–water partition coefficient (Wildman–Crippen LogP) is 2.31. The van der Waals surface area contributed by atoms with E-state index in [1.165, 1.54) is 13.2 Å². The molecule has 0 aromatic heterocycles. The highest BCUT2D eigenvalue weighted by Gasteiger charge is 2.24. The Bertz CT molecular complexity index is 1080. The Morgan fingerprint density at radius 1 is 0.941 bits per heavy atom. The van der Waals surface area contributed by atoms with E-state index in [0.29, 0.717) is 75.2 Å². The lowest BCUT2D eigenvalue weighted by Crippen LogP contribution is -2.37. The van der Waals surface area contributed by atoms with Crippen LogP contribution in [0, 0.1) is 10.1 Å². The molecule has 11 heteroatoms. The molecule has 0 radical (unpaired) electrons. The van der Waals surface area contributed by atoms with Gasteiger partial charge in [-0.3, -0.25) is 14.9 Å². The van der Waals surface area contributed by atoms with Gasteiger partial charge in [0.15, 0.2) is 0 Å². The molecule has 0 spiro atoms. The maximum atomic E-state index is 12.9. The van der Waals surface area contributed by atoms with Gasteiger partial charge < -0.3 is 29.3 Å². The monoisotopic (exact) mass is 470 g/mol. The van der Waals surface area contributed by atoms with E-state index in [1.54, 1.807) is 30.3 Å². The highest BCUT2D eigenvalue weighted by Crippen LogP contribution is 2.31. The van der Waals surface area contributed by atoms with E-state index in [2.05, 4.69) is 5.32 Å². The van der Waals surface area contributed by atoms with Gasteiger partial charge in [0.05, 0.1) is 49.7 Å². The number of nitrogens with zero attached hydrogens (tertiary/aromatic N) is 3. The topological polar surface area (TPSA) is 123 Å². The summed E-state index contributed by atoms with van der Waals surface area (Å²) in [7, 11) is 1.30. The SMILES string of the molecule is COC(=O)c1cc(NC(=O)c2ccc(N3CCOCC3)c([N+](=O)[O-])c2)ccc1N1CCOCC1. The largest absolute Gasteiger partial charge is 0.465 e. The molecule has 2 heterocycles. The molecule has 1 amide bonds. The Hall–Kier alpha value is -3.70. The van der Waals surface area contributed by atoms with Gasteiger partial charge >= 0.3 is 5.97 Å². The van der Waals surface area contributed by atoms with Crippen LogP contribution in [-0.2, 0) is 14.2 Å². The van der Waals surface area contributed by atoms with Crippen LogP contribution in [0.5, 0.6) is 0 Å². The second-order valence-corrected chi connectivity index (χ2v) is 7.84. The molecule has 180 valence electrons. The molecular formula is C23H26N4O7. The Labute approximate surface area is 196 Å². The van der Waals surface area contributed by atoms with Gasteiger partial charge in [-0.15, -0.1) is 0 Å². The maximum Gasteiger partial charge on any atom is 0.340 e. The lowest BCUT2D eigenvalue weighted by molar-refractivity contribution is -0.384. The second-order valence-electron chi connectivity index (χ2n) is 7.84. The number of nitro benzene ring substituents is 1. The quantitative estimate of drug-likeness (QED) is 0.385. The first-order valence-electron chi connectivity index (χ1n) is 11.0. The lowest BCUT2D eigenvalue weighted by atomic mass is 10.1. The van der Waals surface area contributed by atoms with Gasteiger partial charge in [0.25, 0.3) is 11.6 Å². The number of nitrogens with one attached hydrogen (secondary N) is 1. The number of amides is 1. The van der Waals surface area contributed by atoms with E-state index in [-0.39, 0.29) is 11.3 Å². The van der Waals surface area contributed by atoms with Crippen LogP contribution >= 0.6 is 0 Å². The third kappa shape index (κ3) is 5.10. The van der Waals surface area contributed by atoms with Crippen molar-refractivity contribution < 1.29 is 28.7 Å². The standard InChI is InChI=1S/C23H26N4O7/c1-32-23(29)18-15-17(3-5-19(18)25-6-10-33-11-7-25)24-22(28)16-2-4-20(21(14-16)27(30)31)26-8-12-34-13-9-26/h2-5,14-15H,6-13H2,1H3,(H,24,28). The normalized spacial score (nSPS) is 16.1. The zero-order valence-electron chi connectivity index (χ0n) is 18.8. The van der Waals surface area contributed by atoms with E-state index >= 15 is 0 Å². The van der Waals surface area contributed by atoms with Crippen LogP contribution in [0.4, 0.5) is 22.7 Å². The van der Waals surface area contributed by atoms with Crippen LogP contribution in [0.2, 0.25) is 0 Å². The zero-order chi connectivity index (χ0) is 24.1. The smallest absolute Gasteiger partial charge is 0.340 e. The van der Waals surface area contributed by atoms with Crippen LogP contribution in [0.3, 0.4) is 0 Å². The third-order valence-electron chi connectivity index (χ3n) is 5.80. The molecule has 0 unspecified atom stereocenters. The van der Waals surface area contributed by atoms with Crippen molar-refractivity contribution in [1.29, 1.82) is 0 Å². The van der Waals surface area contributed by atoms with Crippen LogP contribution in [-0.4, -0.2) is 76.5 Å². The van der Waals surface area contributed by atoms with Crippen molar-refractivity contribution in [2.24, 2.45) is 0 Å².